The fraction of sp³-hybridized carbons (Fsp3) is 0.389. The summed E-state index contributed by atoms with van der Waals surface area (Å²) in [5.74, 6) is 1.89. The zero-order valence-corrected chi connectivity index (χ0v) is 13.7. The molecule has 3 aliphatic rings. The van der Waals surface area contributed by atoms with Crippen LogP contribution in [0.3, 0.4) is 0 Å². The number of benzene rings is 1. The van der Waals surface area contributed by atoms with E-state index in [1.54, 1.807) is 0 Å². The van der Waals surface area contributed by atoms with Gasteiger partial charge in [-0.25, -0.2) is 0 Å². The third-order valence-corrected chi connectivity index (χ3v) is 5.71. The molecule has 0 unspecified atom stereocenters. The summed E-state index contributed by atoms with van der Waals surface area (Å²) >= 11 is 6.57. The summed E-state index contributed by atoms with van der Waals surface area (Å²) < 4.78 is 1.84. The van der Waals surface area contributed by atoms with Gasteiger partial charge in [0.2, 0.25) is 0 Å². The molecule has 2 heterocycles. The van der Waals surface area contributed by atoms with Crippen LogP contribution >= 0.6 is 11.6 Å². The highest BCUT2D eigenvalue weighted by molar-refractivity contribution is 6.30. The normalized spacial score (nSPS) is 22.5. The van der Waals surface area contributed by atoms with E-state index < -0.39 is 0 Å². The number of hydrogen-bond donors (Lipinski definition) is 0. The van der Waals surface area contributed by atoms with E-state index in [0.29, 0.717) is 17.0 Å². The van der Waals surface area contributed by atoms with Crippen molar-refractivity contribution in [2.24, 2.45) is 0 Å². The molecule has 0 aliphatic heterocycles. The van der Waals surface area contributed by atoms with Gasteiger partial charge in [0, 0.05) is 16.7 Å². The molecule has 0 atom stereocenters. The zero-order valence-electron chi connectivity index (χ0n) is 13.0. The van der Waals surface area contributed by atoms with E-state index in [0.717, 1.165) is 17.0 Å². The second-order valence-electron chi connectivity index (χ2n) is 6.79. The summed E-state index contributed by atoms with van der Waals surface area (Å²) in [6.45, 7) is 2.08. The Morgan fingerprint density at radius 2 is 1.61 bits per heavy atom. The van der Waals surface area contributed by atoms with Gasteiger partial charge >= 0.3 is 0 Å². The summed E-state index contributed by atoms with van der Waals surface area (Å²) in [5.41, 5.74) is 5.69. The van der Waals surface area contributed by atoms with E-state index in [9.17, 15) is 0 Å². The molecule has 0 saturated heterocycles. The Balaban J connectivity index is 1.78. The third kappa shape index (κ3) is 1.88. The summed E-state index contributed by atoms with van der Waals surface area (Å²) in [4.78, 5) is 0. The number of halogens is 1. The number of rotatable bonds is 1. The first-order valence-electron chi connectivity index (χ1n) is 8.24. The Hall–Kier alpha value is -1.94. The molecule has 5 heteroatoms. The van der Waals surface area contributed by atoms with Crippen molar-refractivity contribution in [3.8, 4) is 11.4 Å². The van der Waals surface area contributed by atoms with Gasteiger partial charge in [0.15, 0.2) is 16.6 Å². The predicted molar refractivity (Wildman–Crippen MR) is 89.9 cm³/mol. The molecular formula is C18H17ClN4. The molecule has 4 nitrogen and oxygen atoms in total. The Kier molecular flexibility index (Phi) is 2.80. The Morgan fingerprint density at radius 1 is 0.957 bits per heavy atom. The van der Waals surface area contributed by atoms with E-state index in [4.69, 9.17) is 11.6 Å². The van der Waals surface area contributed by atoms with Crippen molar-refractivity contribution in [2.45, 2.75) is 44.4 Å². The van der Waals surface area contributed by atoms with E-state index in [2.05, 4.69) is 46.5 Å². The maximum Gasteiger partial charge on any atom is 0.185 e. The van der Waals surface area contributed by atoms with Crippen molar-refractivity contribution in [2.75, 3.05) is 0 Å². The summed E-state index contributed by atoms with van der Waals surface area (Å²) in [6, 6.07) is 8.29. The Labute approximate surface area is 139 Å². The molecule has 0 radical (unpaired) electrons. The first-order valence-corrected chi connectivity index (χ1v) is 8.62. The molecule has 1 aromatic carbocycles. The number of hydrogen-bond acceptors (Lipinski definition) is 3. The Morgan fingerprint density at radius 3 is 2.30 bits per heavy atom. The largest absolute Gasteiger partial charge is 0.191 e. The van der Waals surface area contributed by atoms with Crippen LogP contribution in [0.25, 0.3) is 17.0 Å². The summed E-state index contributed by atoms with van der Waals surface area (Å²) in [5, 5.41) is 14.2. The summed E-state index contributed by atoms with van der Waals surface area (Å²) in [7, 11) is 0. The lowest BCUT2D eigenvalue weighted by Gasteiger charge is -2.38. The molecule has 1 fully saturated rings. The molecule has 6 rings (SSSR count). The molecule has 2 bridgehead atoms. The van der Waals surface area contributed by atoms with Crippen LogP contribution in [0, 0.1) is 6.92 Å². The average molecular weight is 325 g/mol. The lowest BCUT2D eigenvalue weighted by molar-refractivity contribution is 0.358. The molecule has 23 heavy (non-hydrogen) atoms. The number of nitrogens with zero attached hydrogens (tertiary/aromatic N) is 4. The van der Waals surface area contributed by atoms with Crippen LogP contribution < -0.4 is 0 Å². The van der Waals surface area contributed by atoms with Crippen molar-refractivity contribution < 1.29 is 0 Å². The van der Waals surface area contributed by atoms with Gasteiger partial charge in [-0.15, -0.1) is 10.2 Å². The van der Waals surface area contributed by atoms with Crippen LogP contribution in [0.1, 0.15) is 54.2 Å². The minimum Gasteiger partial charge on any atom is -0.191 e. The minimum absolute atomic E-state index is 0.555. The SMILES string of the molecule is Cc1ccc(-c2nnc3c4c(c(Cl)nn23)C2CCC4CC2)cc1. The van der Waals surface area contributed by atoms with Gasteiger partial charge in [-0.3, -0.25) is 0 Å². The fourth-order valence-electron chi connectivity index (χ4n) is 4.26. The summed E-state index contributed by atoms with van der Waals surface area (Å²) in [6.07, 6.45) is 4.93. The lowest BCUT2D eigenvalue weighted by Crippen LogP contribution is -2.24. The quantitative estimate of drug-likeness (QED) is 0.661. The minimum atomic E-state index is 0.555. The molecule has 3 aliphatic carbocycles. The van der Waals surface area contributed by atoms with Crippen LogP contribution in [-0.4, -0.2) is 19.8 Å². The monoisotopic (exact) mass is 324 g/mol. The van der Waals surface area contributed by atoms with Gasteiger partial charge in [-0.1, -0.05) is 41.4 Å². The van der Waals surface area contributed by atoms with Crippen LogP contribution in [0.5, 0.6) is 0 Å². The van der Waals surface area contributed by atoms with Crippen LogP contribution in [0.2, 0.25) is 5.15 Å². The van der Waals surface area contributed by atoms with Crippen molar-refractivity contribution in [1.82, 2.24) is 19.8 Å². The van der Waals surface area contributed by atoms with Crippen molar-refractivity contribution in [1.29, 1.82) is 0 Å². The topological polar surface area (TPSA) is 43.1 Å². The molecule has 2 aromatic heterocycles. The van der Waals surface area contributed by atoms with Gasteiger partial charge in [0.1, 0.15) is 0 Å². The van der Waals surface area contributed by atoms with Gasteiger partial charge in [0.05, 0.1) is 0 Å². The maximum absolute atomic E-state index is 6.57. The van der Waals surface area contributed by atoms with E-state index in [-0.39, 0.29) is 0 Å². The second-order valence-corrected chi connectivity index (χ2v) is 7.15. The average Bonchev–Trinajstić information content (AvgIpc) is 3.00. The predicted octanol–water partition coefficient (Wildman–Crippen LogP) is 4.51. The number of aromatic nitrogens is 4. The Bertz CT molecular complexity index is 905. The van der Waals surface area contributed by atoms with E-state index >= 15 is 0 Å². The molecular weight excluding hydrogens is 308 g/mol. The van der Waals surface area contributed by atoms with E-state index in [1.807, 2.05) is 4.52 Å². The van der Waals surface area contributed by atoms with Crippen molar-refractivity contribution in [3.05, 3.63) is 46.1 Å². The lowest BCUT2D eigenvalue weighted by atomic mass is 9.68. The van der Waals surface area contributed by atoms with Crippen LogP contribution in [-0.2, 0) is 0 Å². The highest BCUT2D eigenvalue weighted by Gasteiger charge is 2.38. The fourth-order valence-corrected chi connectivity index (χ4v) is 4.59. The van der Waals surface area contributed by atoms with E-state index in [1.165, 1.54) is 42.4 Å². The van der Waals surface area contributed by atoms with Gasteiger partial charge in [-0.05, 0) is 44.4 Å². The molecule has 116 valence electrons. The van der Waals surface area contributed by atoms with Crippen LogP contribution in [0.15, 0.2) is 24.3 Å². The second kappa shape index (κ2) is 4.78. The first kappa shape index (κ1) is 13.5. The maximum atomic E-state index is 6.57. The molecule has 0 spiro atoms. The standard InChI is InChI=1S/C18H17ClN4/c1-10-2-4-13(5-3-10)17-20-21-18-15-12-8-6-11(7-9-12)14(15)16(19)22-23(17)18/h2-5,11-12H,6-9H2,1H3. The highest BCUT2D eigenvalue weighted by Crippen LogP contribution is 2.52. The molecule has 0 N–H and O–H groups in total. The van der Waals surface area contributed by atoms with Crippen molar-refractivity contribution in [3.63, 3.8) is 0 Å². The smallest absolute Gasteiger partial charge is 0.185 e. The number of aryl methyl sites for hydroxylation is 1. The molecule has 1 saturated carbocycles. The molecule has 0 amide bonds. The number of fused-ring (bicyclic) bond motifs is 3. The van der Waals surface area contributed by atoms with Crippen molar-refractivity contribution >= 4 is 17.2 Å². The van der Waals surface area contributed by atoms with Gasteiger partial charge in [-0.2, -0.15) is 9.61 Å². The third-order valence-electron chi connectivity index (χ3n) is 5.44. The highest BCUT2D eigenvalue weighted by atomic mass is 35.5. The van der Waals surface area contributed by atoms with Gasteiger partial charge < -0.3 is 0 Å². The first-order chi connectivity index (χ1) is 11.2. The van der Waals surface area contributed by atoms with Gasteiger partial charge in [0.25, 0.3) is 0 Å². The van der Waals surface area contributed by atoms with Crippen LogP contribution in [0.4, 0.5) is 0 Å². The zero-order chi connectivity index (χ0) is 15.6. The molecule has 3 aromatic rings.